The molecule has 0 radical (unpaired) electrons. The van der Waals surface area contributed by atoms with E-state index >= 15 is 0 Å². The standard InChI is InChI=1S/C22H17FN2O/c23-20-13-11-19(12-14-20)16-24-22(26)25-21-8-4-7-18(15-21)10-9-17-5-2-1-3-6-17/h1-8,11-15H,16H2,(H2,24,25,26). The molecule has 0 atom stereocenters. The van der Waals surface area contributed by atoms with Crippen LogP contribution in [0, 0.1) is 17.7 Å². The molecule has 0 saturated heterocycles. The lowest BCUT2D eigenvalue weighted by Crippen LogP contribution is -2.28. The fourth-order valence-electron chi connectivity index (χ4n) is 2.30. The Morgan fingerprint density at radius 1 is 0.846 bits per heavy atom. The van der Waals surface area contributed by atoms with Gasteiger partial charge in [-0.25, -0.2) is 9.18 Å². The van der Waals surface area contributed by atoms with Crippen molar-refractivity contribution in [2.45, 2.75) is 6.54 Å². The zero-order valence-corrected chi connectivity index (χ0v) is 14.0. The summed E-state index contributed by atoms with van der Waals surface area (Å²) in [5.74, 6) is 5.86. The van der Waals surface area contributed by atoms with E-state index < -0.39 is 0 Å². The van der Waals surface area contributed by atoms with E-state index in [1.807, 2.05) is 48.5 Å². The lowest BCUT2D eigenvalue weighted by atomic mass is 10.1. The van der Waals surface area contributed by atoms with Crippen molar-refractivity contribution in [2.75, 3.05) is 5.32 Å². The summed E-state index contributed by atoms with van der Waals surface area (Å²) in [6.45, 7) is 0.319. The molecular weight excluding hydrogens is 327 g/mol. The lowest BCUT2D eigenvalue weighted by molar-refractivity contribution is 0.251. The van der Waals surface area contributed by atoms with Crippen LogP contribution in [0.1, 0.15) is 16.7 Å². The minimum atomic E-state index is -0.331. The van der Waals surface area contributed by atoms with Gasteiger partial charge in [0, 0.05) is 23.4 Å². The van der Waals surface area contributed by atoms with Gasteiger partial charge in [0.05, 0.1) is 0 Å². The van der Waals surface area contributed by atoms with Gasteiger partial charge in [0.2, 0.25) is 0 Å². The predicted molar refractivity (Wildman–Crippen MR) is 101 cm³/mol. The number of urea groups is 1. The second kappa shape index (κ2) is 8.50. The summed E-state index contributed by atoms with van der Waals surface area (Å²) in [6.07, 6.45) is 0. The Labute approximate surface area is 151 Å². The molecule has 0 bridgehead atoms. The Bertz CT molecular complexity index is 941. The highest BCUT2D eigenvalue weighted by Crippen LogP contribution is 2.10. The third-order valence-corrected chi connectivity index (χ3v) is 3.61. The molecule has 0 unspecified atom stereocenters. The highest BCUT2D eigenvalue weighted by atomic mass is 19.1. The molecule has 0 aliphatic heterocycles. The van der Waals surface area contributed by atoms with Crippen LogP contribution in [0.3, 0.4) is 0 Å². The zero-order valence-electron chi connectivity index (χ0n) is 14.0. The van der Waals surface area contributed by atoms with Crippen LogP contribution in [0.4, 0.5) is 14.9 Å². The van der Waals surface area contributed by atoms with Crippen molar-refractivity contribution in [3.8, 4) is 11.8 Å². The Kier molecular flexibility index (Phi) is 5.64. The van der Waals surface area contributed by atoms with E-state index in [9.17, 15) is 9.18 Å². The minimum Gasteiger partial charge on any atom is -0.334 e. The molecular formula is C22H17FN2O. The number of rotatable bonds is 3. The number of hydrogen-bond donors (Lipinski definition) is 2. The normalized spacial score (nSPS) is 9.73. The molecule has 128 valence electrons. The second-order valence-electron chi connectivity index (χ2n) is 5.63. The van der Waals surface area contributed by atoms with Crippen molar-refractivity contribution in [1.82, 2.24) is 5.32 Å². The number of benzene rings is 3. The molecule has 3 rings (SSSR count). The van der Waals surface area contributed by atoms with Crippen molar-refractivity contribution in [1.29, 1.82) is 0 Å². The first kappa shape index (κ1) is 17.2. The van der Waals surface area contributed by atoms with Gasteiger partial charge in [-0.05, 0) is 48.0 Å². The Hall–Kier alpha value is -3.58. The first-order valence-electron chi connectivity index (χ1n) is 8.15. The highest BCUT2D eigenvalue weighted by molar-refractivity contribution is 5.89. The maximum atomic E-state index is 12.9. The van der Waals surface area contributed by atoms with Gasteiger partial charge in [-0.2, -0.15) is 0 Å². The Morgan fingerprint density at radius 2 is 1.54 bits per heavy atom. The molecule has 4 heteroatoms. The van der Waals surface area contributed by atoms with Crippen molar-refractivity contribution >= 4 is 11.7 Å². The summed E-state index contributed by atoms with van der Waals surface area (Å²) in [5, 5.41) is 5.51. The van der Waals surface area contributed by atoms with E-state index in [0.717, 1.165) is 16.7 Å². The van der Waals surface area contributed by atoms with Gasteiger partial charge in [-0.3, -0.25) is 0 Å². The molecule has 0 aliphatic rings. The highest BCUT2D eigenvalue weighted by Gasteiger charge is 2.02. The van der Waals surface area contributed by atoms with Gasteiger partial charge >= 0.3 is 6.03 Å². The summed E-state index contributed by atoms with van der Waals surface area (Å²) in [5.41, 5.74) is 3.22. The third kappa shape index (κ3) is 5.22. The quantitative estimate of drug-likeness (QED) is 0.673. The second-order valence-corrected chi connectivity index (χ2v) is 5.63. The molecule has 2 N–H and O–H groups in total. The fraction of sp³-hybridized carbons (Fsp3) is 0.0455. The molecule has 26 heavy (non-hydrogen) atoms. The average molecular weight is 344 g/mol. The fourth-order valence-corrected chi connectivity index (χ4v) is 2.30. The maximum absolute atomic E-state index is 12.9. The third-order valence-electron chi connectivity index (χ3n) is 3.61. The van der Waals surface area contributed by atoms with Gasteiger partial charge in [0.15, 0.2) is 0 Å². The van der Waals surface area contributed by atoms with Crippen LogP contribution in [0.25, 0.3) is 0 Å². The Balaban J connectivity index is 1.58. The number of carbonyl (C=O) groups is 1. The number of nitrogens with one attached hydrogen (secondary N) is 2. The van der Waals surface area contributed by atoms with E-state index in [1.165, 1.54) is 12.1 Å². The van der Waals surface area contributed by atoms with Gasteiger partial charge in [0.1, 0.15) is 5.82 Å². The molecule has 0 aliphatic carbocycles. The monoisotopic (exact) mass is 344 g/mol. The lowest BCUT2D eigenvalue weighted by Gasteiger charge is -2.08. The number of anilines is 1. The average Bonchev–Trinajstić information content (AvgIpc) is 2.67. The van der Waals surface area contributed by atoms with Crippen LogP contribution in [-0.2, 0) is 6.54 Å². The maximum Gasteiger partial charge on any atom is 0.319 e. The number of carbonyl (C=O) groups excluding carboxylic acids is 1. The number of hydrogen-bond acceptors (Lipinski definition) is 1. The minimum absolute atomic E-state index is 0.299. The van der Waals surface area contributed by atoms with Crippen LogP contribution in [-0.4, -0.2) is 6.03 Å². The molecule has 2 amide bonds. The summed E-state index contributed by atoms with van der Waals surface area (Å²) < 4.78 is 12.9. The summed E-state index contributed by atoms with van der Waals surface area (Å²) in [7, 11) is 0. The first-order chi connectivity index (χ1) is 12.7. The molecule has 0 aromatic heterocycles. The number of amides is 2. The SMILES string of the molecule is O=C(NCc1ccc(F)cc1)Nc1cccc(C#Cc2ccccc2)c1. The van der Waals surface area contributed by atoms with Crippen LogP contribution in [0.15, 0.2) is 78.9 Å². The zero-order chi connectivity index (χ0) is 18.2. The van der Waals surface area contributed by atoms with E-state index in [0.29, 0.717) is 12.2 Å². The number of halogens is 1. The van der Waals surface area contributed by atoms with Crippen LogP contribution < -0.4 is 10.6 Å². The van der Waals surface area contributed by atoms with Crippen molar-refractivity contribution in [3.05, 3.63) is 101 Å². The topological polar surface area (TPSA) is 41.1 Å². The molecule has 0 heterocycles. The molecule has 3 nitrogen and oxygen atoms in total. The van der Waals surface area contributed by atoms with Crippen molar-refractivity contribution in [2.24, 2.45) is 0 Å². The van der Waals surface area contributed by atoms with Crippen LogP contribution in [0.2, 0.25) is 0 Å². The van der Waals surface area contributed by atoms with Gasteiger partial charge in [-0.1, -0.05) is 48.2 Å². The molecule has 3 aromatic carbocycles. The van der Waals surface area contributed by atoms with Crippen molar-refractivity contribution < 1.29 is 9.18 Å². The van der Waals surface area contributed by atoms with E-state index in [4.69, 9.17) is 0 Å². The first-order valence-corrected chi connectivity index (χ1v) is 8.15. The van der Waals surface area contributed by atoms with E-state index in [2.05, 4.69) is 22.5 Å². The van der Waals surface area contributed by atoms with Gasteiger partial charge in [-0.15, -0.1) is 0 Å². The molecule has 3 aromatic rings. The van der Waals surface area contributed by atoms with Gasteiger partial charge < -0.3 is 10.6 Å². The predicted octanol–water partition coefficient (Wildman–Crippen LogP) is 4.55. The molecule has 0 saturated carbocycles. The van der Waals surface area contributed by atoms with E-state index in [-0.39, 0.29) is 11.8 Å². The summed E-state index contributed by atoms with van der Waals surface area (Å²) in [6, 6.07) is 22.7. The van der Waals surface area contributed by atoms with E-state index in [1.54, 1.807) is 18.2 Å². The van der Waals surface area contributed by atoms with Gasteiger partial charge in [0.25, 0.3) is 0 Å². The van der Waals surface area contributed by atoms with Crippen LogP contribution in [0.5, 0.6) is 0 Å². The smallest absolute Gasteiger partial charge is 0.319 e. The van der Waals surface area contributed by atoms with Crippen molar-refractivity contribution in [3.63, 3.8) is 0 Å². The largest absolute Gasteiger partial charge is 0.334 e. The summed E-state index contributed by atoms with van der Waals surface area (Å²) in [4.78, 5) is 12.0. The Morgan fingerprint density at radius 3 is 2.31 bits per heavy atom. The molecule has 0 spiro atoms. The molecule has 0 fully saturated rings. The summed E-state index contributed by atoms with van der Waals surface area (Å²) >= 11 is 0. The van der Waals surface area contributed by atoms with Crippen LogP contribution >= 0.6 is 0 Å².